The molecule has 0 aromatic heterocycles. The van der Waals surface area contributed by atoms with E-state index >= 15 is 0 Å². The van der Waals surface area contributed by atoms with Crippen LogP contribution in [0.1, 0.15) is 52.0 Å². The van der Waals surface area contributed by atoms with Gasteiger partial charge in [0.2, 0.25) is 10.0 Å². The third-order valence-corrected chi connectivity index (χ3v) is 8.70. The largest absolute Gasteiger partial charge is 0.487 e. The van der Waals surface area contributed by atoms with Crippen LogP contribution in [-0.4, -0.2) is 81.4 Å². The zero-order chi connectivity index (χ0) is 24.7. The summed E-state index contributed by atoms with van der Waals surface area (Å²) >= 11 is 0. The fraction of sp³-hybridized carbons (Fsp3) is 0.692. The molecule has 0 unspecified atom stereocenters. The molecule has 2 aliphatic heterocycles. The molecule has 2 aliphatic rings. The first-order chi connectivity index (χ1) is 16.3. The summed E-state index contributed by atoms with van der Waals surface area (Å²) in [7, 11) is -1.73. The number of aliphatic hydroxyl groups is 1. The Bertz CT molecular complexity index is 965. The van der Waals surface area contributed by atoms with Crippen LogP contribution in [0.5, 0.6) is 5.75 Å². The van der Waals surface area contributed by atoms with Gasteiger partial charge in [0.25, 0.3) is 0 Å². The monoisotopic (exact) mass is 492 g/mol. The second-order valence-corrected chi connectivity index (χ2v) is 11.6. The third-order valence-electron chi connectivity index (χ3n) is 6.68. The summed E-state index contributed by atoms with van der Waals surface area (Å²) in [6, 6.07) is 4.56. The Labute approximate surface area is 205 Å². The molecular weight excluding hydrogens is 452 g/mol. The van der Waals surface area contributed by atoms with Crippen molar-refractivity contribution in [3.8, 4) is 17.6 Å². The van der Waals surface area contributed by atoms with Crippen molar-refractivity contribution in [2.24, 2.45) is 11.8 Å². The molecule has 1 N–H and O–H groups in total. The van der Waals surface area contributed by atoms with Gasteiger partial charge in [-0.1, -0.05) is 25.7 Å². The van der Waals surface area contributed by atoms with Crippen molar-refractivity contribution in [2.45, 2.75) is 63.5 Å². The molecule has 7 nitrogen and oxygen atoms in total. The lowest BCUT2D eigenvalue weighted by molar-refractivity contribution is 0.0402. The number of hydrogen-bond acceptors (Lipinski definition) is 6. The van der Waals surface area contributed by atoms with Crippen molar-refractivity contribution < 1.29 is 23.0 Å². The molecule has 0 amide bonds. The number of rotatable bonds is 7. The van der Waals surface area contributed by atoms with Gasteiger partial charge in [0.1, 0.15) is 16.7 Å². The van der Waals surface area contributed by atoms with E-state index in [-0.39, 0.29) is 30.1 Å². The smallest absolute Gasteiger partial charge is 0.247 e. The van der Waals surface area contributed by atoms with Crippen molar-refractivity contribution in [2.75, 3.05) is 46.5 Å². The lowest BCUT2D eigenvalue weighted by Gasteiger charge is -2.38. The minimum absolute atomic E-state index is 0.0658. The Kier molecular flexibility index (Phi) is 9.81. The van der Waals surface area contributed by atoms with Gasteiger partial charge in [-0.3, -0.25) is 0 Å². The molecule has 190 valence electrons. The SMILES string of the molecule is CCCC#Cc1ccc2c(c1)O[C@H](CN(C)CC1CCOCC1)[C@H](C)CN([C@H](C)CO)S2(=O)=O. The summed E-state index contributed by atoms with van der Waals surface area (Å²) in [5.74, 6) is 7.12. The van der Waals surface area contributed by atoms with Crippen LogP contribution in [0.4, 0.5) is 0 Å². The van der Waals surface area contributed by atoms with Crippen molar-refractivity contribution in [3.05, 3.63) is 23.8 Å². The van der Waals surface area contributed by atoms with E-state index in [4.69, 9.17) is 9.47 Å². The number of nitrogens with zero attached hydrogens (tertiary/aromatic N) is 2. The maximum Gasteiger partial charge on any atom is 0.247 e. The molecule has 8 heteroatoms. The molecule has 0 radical (unpaired) electrons. The second-order valence-electron chi connectivity index (χ2n) is 9.73. The molecule has 1 fully saturated rings. The summed E-state index contributed by atoms with van der Waals surface area (Å²) in [4.78, 5) is 2.43. The highest BCUT2D eigenvalue weighted by molar-refractivity contribution is 7.89. The first-order valence-electron chi connectivity index (χ1n) is 12.4. The summed E-state index contributed by atoms with van der Waals surface area (Å²) in [6.45, 7) is 9.16. The maximum atomic E-state index is 13.6. The number of fused-ring (bicyclic) bond motifs is 1. The summed E-state index contributed by atoms with van der Waals surface area (Å²) in [5, 5.41) is 9.80. The van der Waals surface area contributed by atoms with E-state index in [0.717, 1.165) is 51.0 Å². The van der Waals surface area contributed by atoms with E-state index in [0.29, 0.717) is 18.2 Å². The van der Waals surface area contributed by atoms with Crippen LogP contribution in [-0.2, 0) is 14.8 Å². The Morgan fingerprint density at radius 3 is 2.68 bits per heavy atom. The molecule has 0 aliphatic carbocycles. The minimum atomic E-state index is -3.83. The van der Waals surface area contributed by atoms with E-state index in [9.17, 15) is 13.5 Å². The summed E-state index contributed by atoms with van der Waals surface area (Å²) < 4.78 is 40.5. The number of unbranched alkanes of at least 4 members (excludes halogenated alkanes) is 1. The Morgan fingerprint density at radius 1 is 1.26 bits per heavy atom. The third kappa shape index (κ3) is 6.73. The zero-order valence-electron chi connectivity index (χ0n) is 21.0. The molecule has 0 saturated carbocycles. The van der Waals surface area contributed by atoms with Gasteiger partial charge < -0.3 is 19.5 Å². The first kappa shape index (κ1) is 27.0. The molecular formula is C26H40N2O5S. The Morgan fingerprint density at radius 2 is 2.00 bits per heavy atom. The van der Waals surface area contributed by atoms with Crippen molar-refractivity contribution in [1.82, 2.24) is 9.21 Å². The number of aliphatic hydroxyl groups excluding tert-OH is 1. The fourth-order valence-corrected chi connectivity index (χ4v) is 6.39. The van der Waals surface area contributed by atoms with Crippen LogP contribution >= 0.6 is 0 Å². The van der Waals surface area contributed by atoms with Crippen LogP contribution < -0.4 is 4.74 Å². The molecule has 0 spiro atoms. The van der Waals surface area contributed by atoms with E-state index in [1.54, 1.807) is 25.1 Å². The van der Waals surface area contributed by atoms with E-state index in [2.05, 4.69) is 30.7 Å². The Hall–Kier alpha value is -1.63. The molecule has 3 rings (SSSR count). The quantitative estimate of drug-likeness (QED) is 0.590. The van der Waals surface area contributed by atoms with Crippen molar-refractivity contribution in [3.63, 3.8) is 0 Å². The van der Waals surface area contributed by atoms with Gasteiger partial charge in [0, 0.05) is 56.8 Å². The van der Waals surface area contributed by atoms with Crippen LogP contribution in [0.2, 0.25) is 0 Å². The predicted octanol–water partition coefficient (Wildman–Crippen LogP) is 2.97. The number of benzene rings is 1. The molecule has 1 saturated heterocycles. The highest BCUT2D eigenvalue weighted by Crippen LogP contribution is 2.34. The lowest BCUT2D eigenvalue weighted by atomic mass is 9.98. The Balaban J connectivity index is 1.92. The lowest BCUT2D eigenvalue weighted by Crippen LogP contribution is -2.50. The van der Waals surface area contributed by atoms with Gasteiger partial charge >= 0.3 is 0 Å². The van der Waals surface area contributed by atoms with Crippen LogP contribution in [0, 0.1) is 23.7 Å². The predicted molar refractivity (Wildman–Crippen MR) is 133 cm³/mol. The van der Waals surface area contributed by atoms with Gasteiger partial charge in [-0.25, -0.2) is 8.42 Å². The summed E-state index contributed by atoms with van der Waals surface area (Å²) in [5.41, 5.74) is 0.742. The first-order valence-corrected chi connectivity index (χ1v) is 13.9. The van der Waals surface area contributed by atoms with Gasteiger partial charge in [-0.2, -0.15) is 4.31 Å². The van der Waals surface area contributed by atoms with Gasteiger partial charge in [0.15, 0.2) is 0 Å². The molecule has 1 aromatic rings. The average Bonchev–Trinajstić information content (AvgIpc) is 2.81. The number of hydrogen-bond donors (Lipinski definition) is 1. The van der Waals surface area contributed by atoms with Crippen molar-refractivity contribution in [1.29, 1.82) is 0 Å². The molecule has 1 aromatic carbocycles. The van der Waals surface area contributed by atoms with Gasteiger partial charge in [0.05, 0.1) is 6.61 Å². The fourth-order valence-electron chi connectivity index (χ4n) is 4.56. The molecule has 3 atom stereocenters. The zero-order valence-corrected chi connectivity index (χ0v) is 21.8. The standard InChI is InChI=1S/C26H40N2O5S/c1-5-6-7-8-22-9-10-26-24(15-22)33-25(18-27(4)17-23-11-13-32-14-12-23)20(2)16-28(21(3)19-29)34(26,30)31/h9-10,15,20-21,23,25,29H,5-6,11-14,16-19H2,1-4H3/t20-,21-,25-/m1/s1. The van der Waals surface area contributed by atoms with E-state index in [1.807, 2.05) is 6.92 Å². The maximum absolute atomic E-state index is 13.6. The number of ether oxygens (including phenoxy) is 2. The van der Waals surface area contributed by atoms with Gasteiger partial charge in [-0.05, 0) is 57.4 Å². The average molecular weight is 493 g/mol. The molecule has 2 heterocycles. The topological polar surface area (TPSA) is 79.3 Å². The highest BCUT2D eigenvalue weighted by Gasteiger charge is 2.38. The minimum Gasteiger partial charge on any atom is -0.487 e. The van der Waals surface area contributed by atoms with E-state index in [1.165, 1.54) is 4.31 Å². The van der Waals surface area contributed by atoms with Crippen LogP contribution in [0.3, 0.4) is 0 Å². The normalized spacial score (nSPS) is 24.3. The molecule has 0 bridgehead atoms. The highest BCUT2D eigenvalue weighted by atomic mass is 32.2. The molecule has 34 heavy (non-hydrogen) atoms. The summed E-state index contributed by atoms with van der Waals surface area (Å²) in [6.07, 6.45) is 3.68. The van der Waals surface area contributed by atoms with Crippen LogP contribution in [0.25, 0.3) is 0 Å². The second kappa shape index (κ2) is 12.4. The van der Waals surface area contributed by atoms with E-state index < -0.39 is 16.1 Å². The van der Waals surface area contributed by atoms with Gasteiger partial charge in [-0.15, -0.1) is 0 Å². The van der Waals surface area contributed by atoms with Crippen LogP contribution in [0.15, 0.2) is 23.1 Å². The number of likely N-dealkylation sites (N-methyl/N-ethyl adjacent to an activating group) is 1. The van der Waals surface area contributed by atoms with Crippen molar-refractivity contribution >= 4 is 10.0 Å². The number of sulfonamides is 1.